The molecule has 3 fully saturated rings. The SMILES string of the molecule is CC1=CC2(C)[C@H]3C(=O)OC(=O)[C@@H]3C1[C@H]1C(=O)OC(=O)[C@@H]12. The molecule has 2 aliphatic heterocycles. The molecule has 1 saturated carbocycles. The lowest BCUT2D eigenvalue weighted by Gasteiger charge is -2.51. The molecular formula is C14H12O6. The topological polar surface area (TPSA) is 86.7 Å². The van der Waals surface area contributed by atoms with E-state index in [0.29, 0.717) is 0 Å². The monoisotopic (exact) mass is 276 g/mol. The Morgan fingerprint density at radius 2 is 1.30 bits per heavy atom. The quantitative estimate of drug-likeness (QED) is 0.357. The molecule has 0 aromatic carbocycles. The van der Waals surface area contributed by atoms with Gasteiger partial charge in [-0.05, 0) is 6.92 Å². The smallest absolute Gasteiger partial charge is 0.318 e. The third-order valence-electron chi connectivity index (χ3n) is 5.35. The van der Waals surface area contributed by atoms with E-state index in [9.17, 15) is 19.2 Å². The molecule has 0 aromatic heterocycles. The first-order valence-corrected chi connectivity index (χ1v) is 6.56. The minimum atomic E-state index is -0.888. The predicted molar refractivity (Wildman–Crippen MR) is 61.5 cm³/mol. The zero-order valence-electron chi connectivity index (χ0n) is 10.9. The molecule has 5 aliphatic rings. The van der Waals surface area contributed by atoms with Gasteiger partial charge < -0.3 is 9.47 Å². The second-order valence-corrected chi connectivity index (χ2v) is 6.27. The lowest BCUT2D eigenvalue weighted by atomic mass is 9.46. The van der Waals surface area contributed by atoms with Crippen molar-refractivity contribution in [2.45, 2.75) is 13.8 Å². The molecule has 3 aliphatic carbocycles. The first-order chi connectivity index (χ1) is 9.36. The van der Waals surface area contributed by atoms with Crippen LogP contribution in [-0.4, -0.2) is 23.9 Å². The van der Waals surface area contributed by atoms with Crippen LogP contribution in [0.4, 0.5) is 0 Å². The second-order valence-electron chi connectivity index (χ2n) is 6.27. The number of esters is 4. The number of hydrogen-bond acceptors (Lipinski definition) is 6. The van der Waals surface area contributed by atoms with E-state index < -0.39 is 58.9 Å². The molecule has 4 atom stereocenters. The Kier molecular flexibility index (Phi) is 1.88. The molecule has 0 unspecified atom stereocenters. The molecular weight excluding hydrogens is 264 g/mol. The third kappa shape index (κ3) is 1.04. The first-order valence-electron chi connectivity index (χ1n) is 6.56. The van der Waals surface area contributed by atoms with Gasteiger partial charge in [0.05, 0.1) is 23.7 Å². The van der Waals surface area contributed by atoms with E-state index >= 15 is 0 Å². The summed E-state index contributed by atoms with van der Waals surface area (Å²) < 4.78 is 9.53. The van der Waals surface area contributed by atoms with Gasteiger partial charge in [-0.1, -0.05) is 18.6 Å². The van der Waals surface area contributed by atoms with Crippen molar-refractivity contribution in [3.8, 4) is 0 Å². The molecule has 20 heavy (non-hydrogen) atoms. The summed E-state index contributed by atoms with van der Waals surface area (Å²) >= 11 is 0. The minimum Gasteiger partial charge on any atom is -0.393 e. The van der Waals surface area contributed by atoms with Gasteiger partial charge in [-0.15, -0.1) is 0 Å². The Morgan fingerprint density at radius 1 is 0.850 bits per heavy atom. The predicted octanol–water partition coefficient (Wildman–Crippen LogP) is 0.214. The lowest BCUT2D eigenvalue weighted by Crippen LogP contribution is -2.57. The van der Waals surface area contributed by atoms with Crippen molar-refractivity contribution in [2.24, 2.45) is 35.0 Å². The number of carbonyl (C=O) groups excluding carboxylic acids is 4. The van der Waals surface area contributed by atoms with Crippen LogP contribution in [0.15, 0.2) is 11.6 Å². The van der Waals surface area contributed by atoms with Crippen LogP contribution in [-0.2, 0) is 28.7 Å². The van der Waals surface area contributed by atoms with Crippen LogP contribution in [0.3, 0.4) is 0 Å². The van der Waals surface area contributed by atoms with Gasteiger partial charge in [-0.3, -0.25) is 19.2 Å². The van der Waals surface area contributed by atoms with E-state index in [2.05, 4.69) is 0 Å². The molecule has 0 aromatic rings. The molecule has 0 N–H and O–H groups in total. The molecule has 6 heteroatoms. The highest BCUT2D eigenvalue weighted by Crippen LogP contribution is 2.64. The fraction of sp³-hybridized carbons (Fsp3) is 0.571. The second kappa shape index (κ2) is 3.19. The maximum atomic E-state index is 12.0. The minimum absolute atomic E-state index is 0.468. The summed E-state index contributed by atoms with van der Waals surface area (Å²) in [5.74, 6) is -5.56. The molecule has 6 nitrogen and oxygen atoms in total. The molecule has 0 radical (unpaired) electrons. The fourth-order valence-corrected chi connectivity index (χ4v) is 4.77. The van der Waals surface area contributed by atoms with Gasteiger partial charge >= 0.3 is 23.9 Å². The maximum absolute atomic E-state index is 12.0. The maximum Gasteiger partial charge on any atom is 0.318 e. The number of carbonyl (C=O) groups is 4. The van der Waals surface area contributed by atoms with Crippen LogP contribution >= 0.6 is 0 Å². The van der Waals surface area contributed by atoms with Crippen molar-refractivity contribution in [3.63, 3.8) is 0 Å². The van der Waals surface area contributed by atoms with Crippen molar-refractivity contribution >= 4 is 23.9 Å². The Hall–Kier alpha value is -1.98. The number of cyclic esters (lactones) is 4. The van der Waals surface area contributed by atoms with Gasteiger partial charge in [0, 0.05) is 11.3 Å². The van der Waals surface area contributed by atoms with Crippen molar-refractivity contribution in [1.82, 2.24) is 0 Å². The van der Waals surface area contributed by atoms with Gasteiger partial charge in [-0.25, -0.2) is 0 Å². The average molecular weight is 276 g/mol. The van der Waals surface area contributed by atoms with Gasteiger partial charge in [-0.2, -0.15) is 0 Å². The van der Waals surface area contributed by atoms with Crippen LogP contribution in [0.2, 0.25) is 0 Å². The molecule has 2 heterocycles. The van der Waals surface area contributed by atoms with Crippen molar-refractivity contribution in [3.05, 3.63) is 11.6 Å². The van der Waals surface area contributed by atoms with E-state index in [1.807, 2.05) is 13.0 Å². The van der Waals surface area contributed by atoms with Gasteiger partial charge in [0.2, 0.25) is 0 Å². The largest absolute Gasteiger partial charge is 0.393 e. The first kappa shape index (κ1) is 11.8. The standard InChI is InChI=1S/C14H12O6/c1-4-3-14(2)8-6(10(15)19-12(8)17)5(4)7-9(14)13(18)20-11(7)16/h3,5-9H,1-2H3/t5?,6-,7-,8-,9-,14?/m1/s1. The van der Waals surface area contributed by atoms with Crippen LogP contribution in [0.25, 0.3) is 0 Å². The van der Waals surface area contributed by atoms with Crippen LogP contribution < -0.4 is 0 Å². The summed E-state index contributed by atoms with van der Waals surface area (Å²) in [5.41, 5.74) is -0.0333. The lowest BCUT2D eigenvalue weighted by molar-refractivity contribution is -0.154. The Morgan fingerprint density at radius 3 is 1.75 bits per heavy atom. The van der Waals surface area contributed by atoms with E-state index in [-0.39, 0.29) is 0 Å². The summed E-state index contributed by atoms with van der Waals surface area (Å²) in [6.45, 7) is 3.56. The summed E-state index contributed by atoms with van der Waals surface area (Å²) in [6.07, 6.45) is 1.85. The van der Waals surface area contributed by atoms with Crippen molar-refractivity contribution in [1.29, 1.82) is 0 Å². The molecule has 0 amide bonds. The summed E-state index contributed by atoms with van der Waals surface area (Å²) in [7, 11) is 0. The van der Waals surface area contributed by atoms with Crippen molar-refractivity contribution in [2.75, 3.05) is 0 Å². The van der Waals surface area contributed by atoms with Crippen LogP contribution in [0, 0.1) is 35.0 Å². The Labute approximate surface area is 114 Å². The Bertz CT molecular complexity index is 588. The zero-order chi connectivity index (χ0) is 14.4. The normalized spacial score (nSPS) is 48.7. The highest BCUT2D eigenvalue weighted by molar-refractivity contribution is 6.03. The summed E-state index contributed by atoms with van der Waals surface area (Å²) in [4.78, 5) is 47.9. The molecule has 2 saturated heterocycles. The zero-order valence-corrected chi connectivity index (χ0v) is 10.9. The fourth-order valence-electron chi connectivity index (χ4n) is 4.77. The van der Waals surface area contributed by atoms with Crippen LogP contribution in [0.1, 0.15) is 13.8 Å². The number of hydrogen-bond donors (Lipinski definition) is 0. The highest BCUT2D eigenvalue weighted by Gasteiger charge is 2.73. The van der Waals surface area contributed by atoms with Gasteiger partial charge in [0.15, 0.2) is 0 Å². The average Bonchev–Trinajstić information content (AvgIpc) is 2.80. The van der Waals surface area contributed by atoms with E-state index in [4.69, 9.17) is 9.47 Å². The van der Waals surface area contributed by atoms with Crippen molar-refractivity contribution < 1.29 is 28.7 Å². The number of ether oxygens (including phenoxy) is 2. The summed E-state index contributed by atoms with van der Waals surface area (Å²) in [5, 5.41) is 0. The van der Waals surface area contributed by atoms with E-state index in [1.165, 1.54) is 0 Å². The van der Waals surface area contributed by atoms with E-state index in [0.717, 1.165) is 5.57 Å². The molecule has 5 rings (SSSR count). The van der Waals surface area contributed by atoms with Gasteiger partial charge in [0.25, 0.3) is 0 Å². The Balaban J connectivity index is 1.98. The highest BCUT2D eigenvalue weighted by atomic mass is 16.6. The summed E-state index contributed by atoms with van der Waals surface area (Å²) in [6, 6.07) is 0. The number of rotatable bonds is 0. The molecule has 0 spiro atoms. The third-order valence-corrected chi connectivity index (χ3v) is 5.35. The molecule has 2 bridgehead atoms. The van der Waals surface area contributed by atoms with Gasteiger partial charge in [0.1, 0.15) is 0 Å². The number of allylic oxidation sites excluding steroid dienone is 2. The van der Waals surface area contributed by atoms with Crippen LogP contribution in [0.5, 0.6) is 0 Å². The molecule has 104 valence electrons. The van der Waals surface area contributed by atoms with E-state index in [1.54, 1.807) is 6.92 Å².